The number of hydrogen-bond donors (Lipinski definition) is 1. The lowest BCUT2D eigenvalue weighted by Crippen LogP contribution is -2.29. The first-order valence-corrected chi connectivity index (χ1v) is 9.97. The van der Waals surface area contributed by atoms with Crippen molar-refractivity contribution < 1.29 is 9.47 Å². The van der Waals surface area contributed by atoms with Crippen LogP contribution in [0.1, 0.15) is 19.7 Å². The Balaban J connectivity index is 2.36. The van der Waals surface area contributed by atoms with E-state index in [-0.39, 0.29) is 5.82 Å². The smallest absolute Gasteiger partial charge is 0.250 e. The standard InChI is InChI=1S/C18H24Cl3N5O2/c1-5-26(6-2)10-9-22-17-24-15(23-16(25-17)18(19,20)21)12-7-8-13(27-3)14(11-12)28-4/h7-8,11H,5-6,9-10H2,1-4H3,(H,22,23,24,25). The largest absolute Gasteiger partial charge is 0.493 e. The summed E-state index contributed by atoms with van der Waals surface area (Å²) >= 11 is 18.1. The minimum Gasteiger partial charge on any atom is -0.493 e. The molecule has 0 atom stereocenters. The zero-order valence-corrected chi connectivity index (χ0v) is 18.6. The number of methoxy groups -OCH3 is 2. The molecule has 1 N–H and O–H groups in total. The first kappa shape index (κ1) is 22.7. The Labute approximate surface area is 180 Å². The van der Waals surface area contributed by atoms with Crippen molar-refractivity contribution in [2.24, 2.45) is 0 Å². The number of ether oxygens (including phenoxy) is 2. The maximum atomic E-state index is 6.02. The second kappa shape index (κ2) is 10.3. The predicted molar refractivity (Wildman–Crippen MR) is 114 cm³/mol. The van der Waals surface area contributed by atoms with Crippen LogP contribution >= 0.6 is 34.8 Å². The van der Waals surface area contributed by atoms with E-state index in [4.69, 9.17) is 44.3 Å². The van der Waals surface area contributed by atoms with Gasteiger partial charge in [-0.1, -0.05) is 48.7 Å². The van der Waals surface area contributed by atoms with Gasteiger partial charge in [0.05, 0.1) is 14.2 Å². The molecule has 0 spiro atoms. The summed E-state index contributed by atoms with van der Waals surface area (Å²) in [5, 5.41) is 3.18. The quantitative estimate of drug-likeness (QED) is 0.578. The molecule has 10 heteroatoms. The second-order valence-electron chi connectivity index (χ2n) is 5.83. The molecule has 154 valence electrons. The molecule has 0 radical (unpaired) electrons. The fourth-order valence-corrected chi connectivity index (χ4v) is 2.81. The van der Waals surface area contributed by atoms with E-state index in [2.05, 4.69) is 39.0 Å². The normalized spacial score (nSPS) is 11.6. The van der Waals surface area contributed by atoms with Gasteiger partial charge in [-0.15, -0.1) is 0 Å². The van der Waals surface area contributed by atoms with Crippen molar-refractivity contribution in [3.8, 4) is 22.9 Å². The number of benzene rings is 1. The van der Waals surface area contributed by atoms with Gasteiger partial charge in [0.1, 0.15) is 0 Å². The molecule has 0 aliphatic carbocycles. The Morgan fingerprint density at radius 3 is 2.25 bits per heavy atom. The molecule has 0 saturated carbocycles. The maximum absolute atomic E-state index is 6.02. The van der Waals surface area contributed by atoms with Crippen LogP contribution in [-0.4, -0.2) is 60.3 Å². The summed E-state index contributed by atoms with van der Waals surface area (Å²) in [5.74, 6) is 1.89. The van der Waals surface area contributed by atoms with Crippen LogP contribution in [0.3, 0.4) is 0 Å². The molecule has 0 aliphatic rings. The van der Waals surface area contributed by atoms with Crippen molar-refractivity contribution in [3.05, 3.63) is 24.0 Å². The molecule has 2 aromatic rings. The van der Waals surface area contributed by atoms with Crippen LogP contribution < -0.4 is 14.8 Å². The van der Waals surface area contributed by atoms with Crippen LogP contribution in [0.5, 0.6) is 11.5 Å². The van der Waals surface area contributed by atoms with Gasteiger partial charge < -0.3 is 19.7 Å². The number of nitrogens with zero attached hydrogens (tertiary/aromatic N) is 4. The molecule has 1 heterocycles. The summed E-state index contributed by atoms with van der Waals surface area (Å²) < 4.78 is 8.84. The number of aromatic nitrogens is 3. The number of hydrogen-bond acceptors (Lipinski definition) is 7. The highest BCUT2D eigenvalue weighted by Gasteiger charge is 2.28. The minimum absolute atomic E-state index is 0.0441. The van der Waals surface area contributed by atoms with Gasteiger partial charge in [-0.2, -0.15) is 9.97 Å². The summed E-state index contributed by atoms with van der Waals surface area (Å²) in [4.78, 5) is 15.3. The molecule has 0 unspecified atom stereocenters. The van der Waals surface area contributed by atoms with E-state index in [0.29, 0.717) is 35.4 Å². The van der Waals surface area contributed by atoms with Crippen LogP contribution in [0.25, 0.3) is 11.4 Å². The fourth-order valence-electron chi connectivity index (χ4n) is 2.55. The van der Waals surface area contributed by atoms with Crippen LogP contribution in [0.4, 0.5) is 5.95 Å². The molecule has 2 rings (SSSR count). The monoisotopic (exact) mass is 447 g/mol. The molecule has 1 aromatic carbocycles. The third kappa shape index (κ3) is 5.98. The number of likely N-dealkylation sites (N-methyl/N-ethyl adjacent to an activating group) is 1. The fraction of sp³-hybridized carbons (Fsp3) is 0.500. The van der Waals surface area contributed by atoms with E-state index in [1.807, 2.05) is 0 Å². The lowest BCUT2D eigenvalue weighted by Gasteiger charge is -2.18. The lowest BCUT2D eigenvalue weighted by atomic mass is 10.2. The summed E-state index contributed by atoms with van der Waals surface area (Å²) in [6.07, 6.45) is 0. The third-order valence-electron chi connectivity index (χ3n) is 4.14. The third-order valence-corrected chi connectivity index (χ3v) is 4.64. The molecule has 1 aromatic heterocycles. The van der Waals surface area contributed by atoms with Crippen LogP contribution in [0.15, 0.2) is 18.2 Å². The van der Waals surface area contributed by atoms with Crippen molar-refractivity contribution in [1.82, 2.24) is 19.9 Å². The highest BCUT2D eigenvalue weighted by atomic mass is 35.6. The Morgan fingerprint density at radius 1 is 1.00 bits per heavy atom. The van der Waals surface area contributed by atoms with Crippen molar-refractivity contribution in [2.75, 3.05) is 45.7 Å². The Morgan fingerprint density at radius 2 is 1.68 bits per heavy atom. The van der Waals surface area contributed by atoms with E-state index in [1.54, 1.807) is 32.4 Å². The van der Waals surface area contributed by atoms with Crippen molar-refractivity contribution in [1.29, 1.82) is 0 Å². The van der Waals surface area contributed by atoms with E-state index in [0.717, 1.165) is 19.6 Å². The first-order valence-electron chi connectivity index (χ1n) is 8.84. The van der Waals surface area contributed by atoms with Gasteiger partial charge in [0.2, 0.25) is 9.74 Å². The topological polar surface area (TPSA) is 72.4 Å². The maximum Gasteiger partial charge on any atom is 0.250 e. The van der Waals surface area contributed by atoms with Crippen molar-refractivity contribution in [3.63, 3.8) is 0 Å². The molecule has 28 heavy (non-hydrogen) atoms. The highest BCUT2D eigenvalue weighted by Crippen LogP contribution is 2.37. The van der Waals surface area contributed by atoms with Gasteiger partial charge in [-0.3, -0.25) is 0 Å². The number of nitrogens with one attached hydrogen (secondary N) is 1. The van der Waals surface area contributed by atoms with Crippen molar-refractivity contribution in [2.45, 2.75) is 17.6 Å². The van der Waals surface area contributed by atoms with Gasteiger partial charge in [-0.25, -0.2) is 4.98 Å². The highest BCUT2D eigenvalue weighted by molar-refractivity contribution is 6.66. The summed E-state index contributed by atoms with van der Waals surface area (Å²) in [6.45, 7) is 7.65. The van der Waals surface area contributed by atoms with Crippen LogP contribution in [0.2, 0.25) is 0 Å². The zero-order valence-electron chi connectivity index (χ0n) is 16.3. The molecular weight excluding hydrogens is 425 g/mol. The van der Waals surface area contributed by atoms with E-state index in [9.17, 15) is 0 Å². The molecule has 0 fully saturated rings. The van der Waals surface area contributed by atoms with Crippen molar-refractivity contribution >= 4 is 40.8 Å². The van der Waals surface area contributed by atoms with Gasteiger partial charge in [0.25, 0.3) is 0 Å². The Kier molecular flexibility index (Phi) is 8.37. The summed E-state index contributed by atoms with van der Waals surface area (Å²) in [7, 11) is 3.13. The van der Waals surface area contributed by atoms with Gasteiger partial charge >= 0.3 is 0 Å². The summed E-state index contributed by atoms with van der Waals surface area (Å²) in [5.41, 5.74) is 0.683. The lowest BCUT2D eigenvalue weighted by molar-refractivity contribution is 0.316. The molecule has 0 saturated heterocycles. The van der Waals surface area contributed by atoms with Gasteiger partial charge in [0, 0.05) is 18.7 Å². The average Bonchev–Trinajstić information content (AvgIpc) is 2.69. The van der Waals surface area contributed by atoms with E-state index >= 15 is 0 Å². The van der Waals surface area contributed by atoms with Crippen LogP contribution in [0, 0.1) is 0 Å². The Hall–Kier alpha value is -1.54. The average molecular weight is 449 g/mol. The SMILES string of the molecule is CCN(CC)CCNc1nc(-c2ccc(OC)c(OC)c2)nc(C(Cl)(Cl)Cl)n1. The minimum atomic E-state index is -1.77. The number of rotatable bonds is 9. The van der Waals surface area contributed by atoms with E-state index in [1.165, 1.54) is 0 Å². The predicted octanol–water partition coefficient (Wildman–Crippen LogP) is 4.14. The van der Waals surface area contributed by atoms with Gasteiger partial charge in [-0.05, 0) is 31.3 Å². The Bertz CT molecular complexity index is 782. The summed E-state index contributed by atoms with van der Waals surface area (Å²) in [6, 6.07) is 5.33. The molecule has 0 bridgehead atoms. The van der Waals surface area contributed by atoms with E-state index < -0.39 is 3.79 Å². The zero-order chi connectivity index (χ0) is 20.7. The molecular formula is C18H24Cl3N5O2. The number of alkyl halides is 3. The molecule has 7 nitrogen and oxygen atoms in total. The number of halogens is 3. The van der Waals surface area contributed by atoms with Gasteiger partial charge in [0.15, 0.2) is 23.1 Å². The molecule has 0 aliphatic heterocycles. The first-order chi connectivity index (χ1) is 13.3. The van der Waals surface area contributed by atoms with Crippen LogP contribution in [-0.2, 0) is 3.79 Å². The second-order valence-corrected chi connectivity index (χ2v) is 8.11. The molecule has 0 amide bonds. The number of anilines is 1.